The lowest BCUT2D eigenvalue weighted by molar-refractivity contribution is 0.690. The fourth-order valence-corrected chi connectivity index (χ4v) is 1.75. The number of anilines is 1. The Morgan fingerprint density at radius 2 is 2.08 bits per heavy atom. The number of hydrogen-bond acceptors (Lipinski definition) is 1. The largest absolute Gasteiger partial charge is 0.382 e. The van der Waals surface area contributed by atoms with Crippen LogP contribution in [-0.2, 0) is 0 Å². The molecule has 0 saturated heterocycles. The lowest BCUT2D eigenvalue weighted by Crippen LogP contribution is -2.14. The zero-order valence-electron chi connectivity index (χ0n) is 8.18. The molecule has 0 bridgehead atoms. The third-order valence-corrected chi connectivity index (χ3v) is 2.69. The standard InChI is InChI=1S/C11H16BrN/c1-3-6-9(2)13-11-8-5-4-7-10(11)12/h4-5,7-9,13H,3,6H2,1-2H3. The molecule has 2 heteroatoms. The lowest BCUT2D eigenvalue weighted by atomic mass is 10.2. The average Bonchev–Trinajstić information content (AvgIpc) is 2.09. The van der Waals surface area contributed by atoms with Crippen LogP contribution in [0.2, 0.25) is 0 Å². The van der Waals surface area contributed by atoms with E-state index in [4.69, 9.17) is 0 Å². The molecule has 1 aromatic carbocycles. The predicted molar refractivity (Wildman–Crippen MR) is 62.1 cm³/mol. The first-order valence-corrected chi connectivity index (χ1v) is 5.54. The SMILES string of the molecule is CCCC(C)Nc1ccccc1Br. The molecule has 1 N–H and O–H groups in total. The van der Waals surface area contributed by atoms with E-state index in [2.05, 4.69) is 47.2 Å². The first-order chi connectivity index (χ1) is 6.24. The highest BCUT2D eigenvalue weighted by molar-refractivity contribution is 9.10. The van der Waals surface area contributed by atoms with E-state index in [0.29, 0.717) is 6.04 Å². The molecule has 1 atom stereocenters. The summed E-state index contributed by atoms with van der Waals surface area (Å²) >= 11 is 3.51. The summed E-state index contributed by atoms with van der Waals surface area (Å²) in [6.07, 6.45) is 2.43. The van der Waals surface area contributed by atoms with E-state index in [1.165, 1.54) is 18.5 Å². The number of para-hydroxylation sites is 1. The lowest BCUT2D eigenvalue weighted by Gasteiger charge is -2.15. The van der Waals surface area contributed by atoms with Crippen molar-refractivity contribution in [2.45, 2.75) is 32.7 Å². The van der Waals surface area contributed by atoms with Crippen LogP contribution in [0.1, 0.15) is 26.7 Å². The van der Waals surface area contributed by atoms with Gasteiger partial charge in [-0.1, -0.05) is 25.5 Å². The topological polar surface area (TPSA) is 12.0 Å². The molecule has 13 heavy (non-hydrogen) atoms. The number of nitrogens with one attached hydrogen (secondary N) is 1. The Hall–Kier alpha value is -0.500. The van der Waals surface area contributed by atoms with Gasteiger partial charge in [0, 0.05) is 16.2 Å². The molecular formula is C11H16BrN. The van der Waals surface area contributed by atoms with Crippen LogP contribution in [0.15, 0.2) is 28.7 Å². The second-order valence-electron chi connectivity index (χ2n) is 3.31. The minimum atomic E-state index is 0.545. The zero-order valence-corrected chi connectivity index (χ0v) is 9.76. The van der Waals surface area contributed by atoms with Crippen molar-refractivity contribution < 1.29 is 0 Å². The first-order valence-electron chi connectivity index (χ1n) is 4.75. The molecule has 0 radical (unpaired) electrons. The fourth-order valence-electron chi connectivity index (χ4n) is 1.35. The van der Waals surface area contributed by atoms with E-state index in [0.717, 1.165) is 4.47 Å². The second-order valence-corrected chi connectivity index (χ2v) is 4.17. The molecule has 0 aromatic heterocycles. The van der Waals surface area contributed by atoms with Crippen molar-refractivity contribution in [1.29, 1.82) is 0 Å². The van der Waals surface area contributed by atoms with Gasteiger partial charge in [0.2, 0.25) is 0 Å². The van der Waals surface area contributed by atoms with Crippen LogP contribution in [0.4, 0.5) is 5.69 Å². The Labute approximate surface area is 88.7 Å². The quantitative estimate of drug-likeness (QED) is 0.839. The van der Waals surface area contributed by atoms with E-state index < -0.39 is 0 Å². The van der Waals surface area contributed by atoms with Gasteiger partial charge in [0.1, 0.15) is 0 Å². The van der Waals surface area contributed by atoms with Gasteiger partial charge in [-0.05, 0) is 41.4 Å². The molecule has 72 valence electrons. The highest BCUT2D eigenvalue weighted by Gasteiger charge is 2.02. The second kappa shape index (κ2) is 5.28. The van der Waals surface area contributed by atoms with Crippen LogP contribution in [-0.4, -0.2) is 6.04 Å². The Morgan fingerprint density at radius 3 is 2.69 bits per heavy atom. The third-order valence-electron chi connectivity index (χ3n) is 2.00. The number of halogens is 1. The molecule has 0 saturated carbocycles. The summed E-state index contributed by atoms with van der Waals surface area (Å²) in [6.45, 7) is 4.42. The van der Waals surface area contributed by atoms with Crippen molar-refractivity contribution in [3.63, 3.8) is 0 Å². The molecule has 0 fully saturated rings. The predicted octanol–water partition coefficient (Wildman–Crippen LogP) is 4.05. The van der Waals surface area contributed by atoms with Gasteiger partial charge in [0.15, 0.2) is 0 Å². The molecule has 1 unspecified atom stereocenters. The van der Waals surface area contributed by atoms with E-state index in [-0.39, 0.29) is 0 Å². The van der Waals surface area contributed by atoms with Gasteiger partial charge >= 0.3 is 0 Å². The summed E-state index contributed by atoms with van der Waals surface area (Å²) in [7, 11) is 0. The smallest absolute Gasteiger partial charge is 0.0486 e. The summed E-state index contributed by atoms with van der Waals surface area (Å²) in [4.78, 5) is 0. The van der Waals surface area contributed by atoms with Crippen molar-refractivity contribution >= 4 is 21.6 Å². The van der Waals surface area contributed by atoms with Crippen molar-refractivity contribution in [2.75, 3.05) is 5.32 Å². The monoisotopic (exact) mass is 241 g/mol. The highest BCUT2D eigenvalue weighted by atomic mass is 79.9. The molecule has 0 aliphatic carbocycles. The van der Waals surface area contributed by atoms with Gasteiger partial charge in [0.05, 0.1) is 0 Å². The summed E-state index contributed by atoms with van der Waals surface area (Å²) < 4.78 is 1.14. The summed E-state index contributed by atoms with van der Waals surface area (Å²) in [5.41, 5.74) is 1.18. The van der Waals surface area contributed by atoms with Crippen LogP contribution in [0.3, 0.4) is 0 Å². The van der Waals surface area contributed by atoms with Crippen LogP contribution in [0.25, 0.3) is 0 Å². The Morgan fingerprint density at radius 1 is 1.38 bits per heavy atom. The molecular weight excluding hydrogens is 226 g/mol. The maximum atomic E-state index is 3.51. The average molecular weight is 242 g/mol. The van der Waals surface area contributed by atoms with Crippen molar-refractivity contribution in [3.05, 3.63) is 28.7 Å². The number of hydrogen-bond donors (Lipinski definition) is 1. The molecule has 1 rings (SSSR count). The van der Waals surface area contributed by atoms with Crippen LogP contribution < -0.4 is 5.32 Å². The molecule has 0 aliphatic heterocycles. The van der Waals surface area contributed by atoms with Gasteiger partial charge in [-0.15, -0.1) is 0 Å². The van der Waals surface area contributed by atoms with Gasteiger partial charge in [-0.3, -0.25) is 0 Å². The highest BCUT2D eigenvalue weighted by Crippen LogP contribution is 2.22. The number of benzene rings is 1. The Bertz CT molecular complexity index is 260. The third kappa shape index (κ3) is 3.39. The van der Waals surface area contributed by atoms with E-state index in [1.54, 1.807) is 0 Å². The molecule has 1 nitrogen and oxygen atoms in total. The Balaban J connectivity index is 2.58. The van der Waals surface area contributed by atoms with Crippen LogP contribution in [0.5, 0.6) is 0 Å². The molecule has 0 amide bonds. The minimum absolute atomic E-state index is 0.545. The van der Waals surface area contributed by atoms with Crippen LogP contribution in [0, 0.1) is 0 Å². The molecule has 1 aromatic rings. The maximum Gasteiger partial charge on any atom is 0.0486 e. The van der Waals surface area contributed by atoms with Gasteiger partial charge in [-0.25, -0.2) is 0 Å². The van der Waals surface area contributed by atoms with E-state index in [1.807, 2.05) is 12.1 Å². The van der Waals surface area contributed by atoms with Gasteiger partial charge in [-0.2, -0.15) is 0 Å². The normalized spacial score (nSPS) is 12.5. The zero-order chi connectivity index (χ0) is 9.68. The van der Waals surface area contributed by atoms with Gasteiger partial charge < -0.3 is 5.32 Å². The van der Waals surface area contributed by atoms with Crippen molar-refractivity contribution in [1.82, 2.24) is 0 Å². The van der Waals surface area contributed by atoms with Crippen molar-refractivity contribution in [2.24, 2.45) is 0 Å². The fraction of sp³-hybridized carbons (Fsp3) is 0.455. The molecule has 0 spiro atoms. The minimum Gasteiger partial charge on any atom is -0.382 e. The van der Waals surface area contributed by atoms with Crippen molar-refractivity contribution in [3.8, 4) is 0 Å². The summed E-state index contributed by atoms with van der Waals surface area (Å²) in [6, 6.07) is 8.77. The maximum absolute atomic E-state index is 3.51. The first kappa shape index (κ1) is 10.6. The van der Waals surface area contributed by atoms with E-state index >= 15 is 0 Å². The van der Waals surface area contributed by atoms with Gasteiger partial charge in [0.25, 0.3) is 0 Å². The summed E-state index contributed by atoms with van der Waals surface area (Å²) in [5, 5.41) is 3.46. The molecule has 0 heterocycles. The number of rotatable bonds is 4. The van der Waals surface area contributed by atoms with E-state index in [9.17, 15) is 0 Å². The Kier molecular flexibility index (Phi) is 4.29. The summed E-state index contributed by atoms with van der Waals surface area (Å²) in [5.74, 6) is 0. The molecule has 0 aliphatic rings. The van der Waals surface area contributed by atoms with Crippen LogP contribution >= 0.6 is 15.9 Å².